The van der Waals surface area contributed by atoms with Crippen LogP contribution in [0.5, 0.6) is 23.0 Å². The molecule has 0 saturated carbocycles. The maximum atomic E-state index is 12.0. The number of aryl methyl sites for hydroxylation is 2. The summed E-state index contributed by atoms with van der Waals surface area (Å²) in [7, 11) is 4.60. The van der Waals surface area contributed by atoms with E-state index in [0.717, 1.165) is 11.1 Å². The molecule has 2 aromatic carbocycles. The molecular weight excluding hydrogens is 384 g/mol. The maximum absolute atomic E-state index is 12.0. The molecular formula is C20H23ClN2O5. The fourth-order valence-corrected chi connectivity index (χ4v) is 2.61. The number of carbonyl (C=O) groups is 1. The lowest BCUT2D eigenvalue weighted by Gasteiger charge is -2.12. The molecule has 0 bridgehead atoms. The highest BCUT2D eigenvalue weighted by molar-refractivity contribution is 6.32. The standard InChI is InChI=1S/C20H23ClN2O5/c1-12-6-15(7-13(2)20(12)21)28-11-19(24)23-22-10-14-8-17(26-4)18(27-5)9-16(14)25-3/h6-10H,11H2,1-5H3,(H,23,24)/b22-10+. The van der Waals surface area contributed by atoms with Crippen molar-refractivity contribution in [3.05, 3.63) is 46.0 Å². The van der Waals surface area contributed by atoms with Gasteiger partial charge in [-0.3, -0.25) is 4.79 Å². The summed E-state index contributed by atoms with van der Waals surface area (Å²) in [5.74, 6) is 1.75. The summed E-state index contributed by atoms with van der Waals surface area (Å²) in [6.07, 6.45) is 1.45. The summed E-state index contributed by atoms with van der Waals surface area (Å²) >= 11 is 6.12. The van der Waals surface area contributed by atoms with Crippen molar-refractivity contribution in [2.24, 2.45) is 5.10 Å². The number of halogens is 1. The highest BCUT2D eigenvalue weighted by Gasteiger charge is 2.11. The first-order valence-corrected chi connectivity index (χ1v) is 8.78. The van der Waals surface area contributed by atoms with Gasteiger partial charge < -0.3 is 18.9 Å². The highest BCUT2D eigenvalue weighted by Crippen LogP contribution is 2.33. The molecule has 0 spiro atoms. The summed E-state index contributed by atoms with van der Waals surface area (Å²) in [4.78, 5) is 12.0. The lowest BCUT2D eigenvalue weighted by atomic mass is 10.1. The van der Waals surface area contributed by atoms with Crippen molar-refractivity contribution in [3.8, 4) is 23.0 Å². The third kappa shape index (κ3) is 5.29. The Morgan fingerprint density at radius 3 is 2.14 bits per heavy atom. The largest absolute Gasteiger partial charge is 0.496 e. The Labute approximate surface area is 169 Å². The Morgan fingerprint density at radius 2 is 1.57 bits per heavy atom. The number of hydrogen-bond acceptors (Lipinski definition) is 6. The summed E-state index contributed by atoms with van der Waals surface area (Å²) in [5.41, 5.74) is 4.80. The molecule has 0 aliphatic carbocycles. The van der Waals surface area contributed by atoms with Crippen molar-refractivity contribution in [2.75, 3.05) is 27.9 Å². The van der Waals surface area contributed by atoms with Gasteiger partial charge in [0.1, 0.15) is 11.5 Å². The van der Waals surface area contributed by atoms with Crippen molar-refractivity contribution in [3.63, 3.8) is 0 Å². The molecule has 0 fully saturated rings. The molecule has 1 amide bonds. The molecule has 150 valence electrons. The lowest BCUT2D eigenvalue weighted by Crippen LogP contribution is -2.24. The monoisotopic (exact) mass is 406 g/mol. The van der Waals surface area contributed by atoms with Gasteiger partial charge >= 0.3 is 0 Å². The smallest absolute Gasteiger partial charge is 0.277 e. The van der Waals surface area contributed by atoms with E-state index in [1.165, 1.54) is 27.5 Å². The second-order valence-electron chi connectivity index (χ2n) is 5.90. The third-order valence-electron chi connectivity index (χ3n) is 3.91. The van der Waals surface area contributed by atoms with Gasteiger partial charge in [0.05, 0.1) is 27.5 Å². The van der Waals surface area contributed by atoms with Crippen LogP contribution < -0.4 is 24.4 Å². The Bertz CT molecular complexity index is 860. The van der Waals surface area contributed by atoms with Gasteiger partial charge in [-0.25, -0.2) is 5.43 Å². The van der Waals surface area contributed by atoms with Crippen LogP contribution in [0, 0.1) is 13.8 Å². The van der Waals surface area contributed by atoms with Gasteiger partial charge in [-0.2, -0.15) is 5.10 Å². The Kier molecular flexibility index (Phi) is 7.52. The zero-order valence-corrected chi connectivity index (χ0v) is 17.2. The quantitative estimate of drug-likeness (QED) is 0.536. The van der Waals surface area contributed by atoms with Gasteiger partial charge in [0.15, 0.2) is 18.1 Å². The average molecular weight is 407 g/mol. The van der Waals surface area contributed by atoms with E-state index in [1.807, 2.05) is 13.8 Å². The molecule has 0 atom stereocenters. The van der Waals surface area contributed by atoms with E-state index < -0.39 is 5.91 Å². The number of rotatable bonds is 8. The van der Waals surface area contributed by atoms with Crippen LogP contribution in [0.2, 0.25) is 5.02 Å². The second-order valence-corrected chi connectivity index (χ2v) is 6.28. The van der Waals surface area contributed by atoms with E-state index in [9.17, 15) is 4.79 Å². The van der Waals surface area contributed by atoms with Crippen molar-refractivity contribution < 1.29 is 23.7 Å². The zero-order chi connectivity index (χ0) is 20.7. The van der Waals surface area contributed by atoms with Crippen molar-refractivity contribution in [1.29, 1.82) is 0 Å². The van der Waals surface area contributed by atoms with E-state index >= 15 is 0 Å². The molecule has 0 heterocycles. The van der Waals surface area contributed by atoms with Crippen LogP contribution in [-0.4, -0.2) is 40.1 Å². The number of nitrogens with zero attached hydrogens (tertiary/aromatic N) is 1. The lowest BCUT2D eigenvalue weighted by molar-refractivity contribution is -0.123. The summed E-state index contributed by atoms with van der Waals surface area (Å²) in [6, 6.07) is 6.93. The van der Waals surface area contributed by atoms with Crippen LogP contribution in [0.25, 0.3) is 0 Å². The van der Waals surface area contributed by atoms with E-state index in [1.54, 1.807) is 24.3 Å². The number of methoxy groups -OCH3 is 3. The van der Waals surface area contributed by atoms with Crippen LogP contribution in [0.1, 0.15) is 16.7 Å². The van der Waals surface area contributed by atoms with Gasteiger partial charge in [0.2, 0.25) is 0 Å². The highest BCUT2D eigenvalue weighted by atomic mass is 35.5. The minimum Gasteiger partial charge on any atom is -0.496 e. The fourth-order valence-electron chi connectivity index (χ4n) is 2.50. The van der Waals surface area contributed by atoms with Gasteiger partial charge in [-0.05, 0) is 43.2 Å². The Morgan fingerprint density at radius 1 is 1.00 bits per heavy atom. The molecule has 8 heteroatoms. The van der Waals surface area contributed by atoms with Gasteiger partial charge in [-0.15, -0.1) is 0 Å². The third-order valence-corrected chi connectivity index (χ3v) is 4.50. The first-order chi connectivity index (χ1) is 13.4. The molecule has 2 rings (SSSR count). The van der Waals surface area contributed by atoms with Crippen LogP contribution in [0.15, 0.2) is 29.4 Å². The van der Waals surface area contributed by atoms with Crippen LogP contribution in [0.3, 0.4) is 0 Å². The van der Waals surface area contributed by atoms with E-state index in [0.29, 0.717) is 33.6 Å². The summed E-state index contributed by atoms with van der Waals surface area (Å²) < 4.78 is 21.3. The van der Waals surface area contributed by atoms with E-state index in [-0.39, 0.29) is 6.61 Å². The predicted octanol–water partition coefficient (Wildman–Crippen LogP) is 3.51. The summed E-state index contributed by atoms with van der Waals surface area (Å²) in [5, 5.41) is 4.63. The van der Waals surface area contributed by atoms with Gasteiger partial charge in [-0.1, -0.05) is 11.6 Å². The molecule has 1 N–H and O–H groups in total. The molecule has 0 aliphatic heterocycles. The minimum absolute atomic E-state index is 0.180. The summed E-state index contributed by atoms with van der Waals surface area (Å²) in [6.45, 7) is 3.58. The molecule has 0 aliphatic rings. The number of benzene rings is 2. The number of amides is 1. The maximum Gasteiger partial charge on any atom is 0.277 e. The van der Waals surface area contributed by atoms with Crippen LogP contribution in [-0.2, 0) is 4.79 Å². The topological polar surface area (TPSA) is 78.4 Å². The van der Waals surface area contributed by atoms with Crippen LogP contribution in [0.4, 0.5) is 0 Å². The molecule has 0 saturated heterocycles. The van der Waals surface area contributed by atoms with E-state index in [4.69, 9.17) is 30.5 Å². The SMILES string of the molecule is COc1cc(OC)c(OC)cc1/C=N/NC(=O)COc1cc(C)c(Cl)c(C)c1. The number of hydrazone groups is 1. The number of hydrogen-bond donors (Lipinski definition) is 1. The zero-order valence-electron chi connectivity index (χ0n) is 16.5. The predicted molar refractivity (Wildman–Crippen MR) is 108 cm³/mol. The Hall–Kier alpha value is -2.93. The molecule has 0 unspecified atom stereocenters. The fraction of sp³-hybridized carbons (Fsp3) is 0.300. The van der Waals surface area contributed by atoms with Crippen molar-refractivity contribution in [2.45, 2.75) is 13.8 Å². The normalized spacial score (nSPS) is 10.6. The number of nitrogens with one attached hydrogen (secondary N) is 1. The first-order valence-electron chi connectivity index (χ1n) is 8.41. The van der Waals surface area contributed by atoms with Gasteiger partial charge in [0.25, 0.3) is 5.91 Å². The molecule has 28 heavy (non-hydrogen) atoms. The average Bonchev–Trinajstić information content (AvgIpc) is 2.69. The van der Waals surface area contributed by atoms with Gasteiger partial charge in [0, 0.05) is 16.7 Å². The second kappa shape index (κ2) is 9.85. The molecule has 7 nitrogen and oxygen atoms in total. The number of carbonyl (C=O) groups excluding carboxylic acids is 1. The van der Waals surface area contributed by atoms with Crippen LogP contribution >= 0.6 is 11.6 Å². The molecule has 0 radical (unpaired) electrons. The van der Waals surface area contributed by atoms with Crippen molar-refractivity contribution >= 4 is 23.7 Å². The first kappa shape index (κ1) is 21.4. The molecule has 2 aromatic rings. The van der Waals surface area contributed by atoms with Crippen molar-refractivity contribution in [1.82, 2.24) is 5.43 Å². The Balaban J connectivity index is 2.00. The number of ether oxygens (including phenoxy) is 4. The molecule has 0 aromatic heterocycles. The minimum atomic E-state index is -0.402. The van der Waals surface area contributed by atoms with E-state index in [2.05, 4.69) is 10.5 Å².